The number of hydrogen-bond donors (Lipinski definition) is 1. The second-order valence-corrected chi connectivity index (χ2v) is 7.13. The minimum Gasteiger partial charge on any atom is -0.466 e. The van der Waals surface area contributed by atoms with E-state index < -0.39 is 0 Å². The Labute approximate surface area is 175 Å². The second kappa shape index (κ2) is 12.0. The maximum atomic E-state index is 11.9. The number of carbonyl (C=O) groups is 1. The topological polar surface area (TPSA) is 60.4 Å². The van der Waals surface area contributed by atoms with E-state index in [1.807, 2.05) is 14.0 Å². The van der Waals surface area contributed by atoms with Crippen LogP contribution in [0.3, 0.4) is 0 Å². The smallest absolute Gasteiger partial charge is 0.309 e. The Morgan fingerprint density at radius 2 is 1.81 bits per heavy atom. The van der Waals surface area contributed by atoms with Crippen molar-refractivity contribution in [2.24, 2.45) is 10.9 Å². The molecule has 2 fully saturated rings. The van der Waals surface area contributed by atoms with Gasteiger partial charge in [-0.1, -0.05) is 0 Å². The lowest BCUT2D eigenvalue weighted by molar-refractivity contribution is -0.149. The van der Waals surface area contributed by atoms with E-state index >= 15 is 0 Å². The molecule has 0 aromatic heterocycles. The molecule has 1 N–H and O–H groups in total. The van der Waals surface area contributed by atoms with Crippen molar-refractivity contribution in [1.82, 2.24) is 20.0 Å². The van der Waals surface area contributed by atoms with Crippen LogP contribution in [0.15, 0.2) is 4.99 Å². The summed E-state index contributed by atoms with van der Waals surface area (Å²) < 4.78 is 5.14. The standard InChI is InChI=1S/C18H35N5O2.HI/c1-5-25-17(24)16-6-8-23(9-7-16)18(19-3)20-14-15(2)22-12-10-21(4)11-13-22;/h15-16H,5-14H2,1-4H3,(H,19,20);1H. The highest BCUT2D eigenvalue weighted by Crippen LogP contribution is 2.18. The summed E-state index contributed by atoms with van der Waals surface area (Å²) in [4.78, 5) is 23.5. The van der Waals surface area contributed by atoms with Gasteiger partial charge in [0.25, 0.3) is 0 Å². The maximum absolute atomic E-state index is 11.9. The molecule has 2 heterocycles. The molecule has 0 amide bonds. The van der Waals surface area contributed by atoms with Crippen LogP contribution < -0.4 is 5.32 Å². The van der Waals surface area contributed by atoms with Gasteiger partial charge >= 0.3 is 5.97 Å². The SMILES string of the molecule is CCOC(=O)C1CCN(C(=NC)NCC(C)N2CCN(C)CC2)CC1.I. The Kier molecular flexibility index (Phi) is 10.8. The number of guanidine groups is 1. The fraction of sp³-hybridized carbons (Fsp3) is 0.889. The molecular weight excluding hydrogens is 445 g/mol. The fourth-order valence-electron chi connectivity index (χ4n) is 3.55. The van der Waals surface area contributed by atoms with Gasteiger partial charge in [0.1, 0.15) is 0 Å². The van der Waals surface area contributed by atoms with Gasteiger partial charge in [-0.2, -0.15) is 0 Å². The van der Waals surface area contributed by atoms with Gasteiger partial charge in [-0.15, -0.1) is 24.0 Å². The number of halogens is 1. The number of esters is 1. The van der Waals surface area contributed by atoms with Crippen molar-refractivity contribution in [3.05, 3.63) is 0 Å². The van der Waals surface area contributed by atoms with E-state index in [-0.39, 0.29) is 35.9 Å². The lowest BCUT2D eigenvalue weighted by atomic mass is 9.97. The second-order valence-electron chi connectivity index (χ2n) is 7.13. The maximum Gasteiger partial charge on any atom is 0.309 e. The quantitative estimate of drug-likeness (QED) is 0.275. The molecule has 0 saturated carbocycles. The molecule has 0 aliphatic carbocycles. The van der Waals surface area contributed by atoms with Crippen LogP contribution in [-0.2, 0) is 9.53 Å². The number of ether oxygens (including phenoxy) is 1. The van der Waals surface area contributed by atoms with Crippen molar-refractivity contribution in [3.63, 3.8) is 0 Å². The van der Waals surface area contributed by atoms with E-state index in [1.165, 1.54) is 0 Å². The molecule has 0 spiro atoms. The van der Waals surface area contributed by atoms with Crippen molar-refractivity contribution in [2.45, 2.75) is 32.7 Å². The summed E-state index contributed by atoms with van der Waals surface area (Å²) >= 11 is 0. The first kappa shape index (κ1) is 23.4. The Bertz CT molecular complexity index is 447. The van der Waals surface area contributed by atoms with Gasteiger partial charge in [-0.3, -0.25) is 14.7 Å². The van der Waals surface area contributed by atoms with Gasteiger partial charge in [0.05, 0.1) is 12.5 Å². The third kappa shape index (κ3) is 6.84. The van der Waals surface area contributed by atoms with E-state index in [2.05, 4.69) is 39.0 Å². The molecule has 7 nitrogen and oxygen atoms in total. The molecule has 2 aliphatic rings. The first-order valence-electron chi connectivity index (χ1n) is 9.60. The minimum absolute atomic E-state index is 0. The predicted octanol–water partition coefficient (Wildman–Crippen LogP) is 1.09. The number of rotatable bonds is 5. The number of carbonyl (C=O) groups excluding carboxylic acids is 1. The van der Waals surface area contributed by atoms with Crippen LogP contribution in [-0.4, -0.2) is 99.2 Å². The first-order valence-corrected chi connectivity index (χ1v) is 9.60. The number of nitrogens with one attached hydrogen (secondary N) is 1. The van der Waals surface area contributed by atoms with Crippen molar-refractivity contribution in [1.29, 1.82) is 0 Å². The molecule has 1 unspecified atom stereocenters. The minimum atomic E-state index is -0.0474. The summed E-state index contributed by atoms with van der Waals surface area (Å²) in [7, 11) is 4.02. The van der Waals surface area contributed by atoms with Gasteiger partial charge in [0.2, 0.25) is 0 Å². The highest BCUT2D eigenvalue weighted by Gasteiger charge is 2.27. The molecule has 0 bridgehead atoms. The zero-order valence-electron chi connectivity index (χ0n) is 16.7. The Balaban J connectivity index is 0.00000338. The van der Waals surface area contributed by atoms with Crippen molar-refractivity contribution in [3.8, 4) is 0 Å². The van der Waals surface area contributed by atoms with E-state index in [4.69, 9.17) is 4.74 Å². The number of aliphatic imine (C=N–C) groups is 1. The zero-order chi connectivity index (χ0) is 18.2. The normalized spacial score (nSPS) is 21.8. The van der Waals surface area contributed by atoms with Gasteiger partial charge in [0, 0.05) is 58.9 Å². The number of nitrogens with zero attached hydrogens (tertiary/aromatic N) is 4. The summed E-state index contributed by atoms with van der Waals surface area (Å²) in [5, 5.41) is 3.52. The average molecular weight is 481 g/mol. The Morgan fingerprint density at radius 1 is 1.19 bits per heavy atom. The van der Waals surface area contributed by atoms with Crippen LogP contribution in [0.4, 0.5) is 0 Å². The number of piperidine rings is 1. The molecule has 8 heteroatoms. The van der Waals surface area contributed by atoms with Crippen LogP contribution in [0.25, 0.3) is 0 Å². The molecule has 1 atom stereocenters. The van der Waals surface area contributed by atoms with Crippen LogP contribution in [0, 0.1) is 5.92 Å². The Hall–Kier alpha value is -0.610. The molecule has 152 valence electrons. The summed E-state index contributed by atoms with van der Waals surface area (Å²) in [5.74, 6) is 0.940. The number of piperazine rings is 1. The van der Waals surface area contributed by atoms with Crippen molar-refractivity contribution in [2.75, 3.05) is 66.5 Å². The molecular formula is C18H36IN5O2. The summed E-state index contributed by atoms with van der Waals surface area (Å²) in [5.41, 5.74) is 0. The summed E-state index contributed by atoms with van der Waals surface area (Å²) in [6.45, 7) is 11.7. The molecule has 0 aromatic carbocycles. The van der Waals surface area contributed by atoms with E-state index in [0.717, 1.165) is 64.6 Å². The van der Waals surface area contributed by atoms with Gasteiger partial charge in [-0.05, 0) is 33.7 Å². The summed E-state index contributed by atoms with van der Waals surface area (Å²) in [6.07, 6.45) is 1.68. The molecule has 2 rings (SSSR count). The lowest BCUT2D eigenvalue weighted by Gasteiger charge is -2.38. The van der Waals surface area contributed by atoms with E-state index in [9.17, 15) is 4.79 Å². The van der Waals surface area contributed by atoms with Crippen molar-refractivity contribution < 1.29 is 9.53 Å². The van der Waals surface area contributed by atoms with Gasteiger partial charge in [0.15, 0.2) is 5.96 Å². The van der Waals surface area contributed by atoms with Crippen LogP contribution in [0.5, 0.6) is 0 Å². The van der Waals surface area contributed by atoms with Crippen molar-refractivity contribution >= 4 is 35.9 Å². The van der Waals surface area contributed by atoms with Gasteiger partial charge < -0.3 is 19.9 Å². The highest BCUT2D eigenvalue weighted by molar-refractivity contribution is 14.0. The number of likely N-dealkylation sites (N-methyl/N-ethyl adjacent to an activating group) is 1. The molecule has 0 radical (unpaired) electrons. The predicted molar refractivity (Wildman–Crippen MR) is 116 cm³/mol. The highest BCUT2D eigenvalue weighted by atomic mass is 127. The zero-order valence-corrected chi connectivity index (χ0v) is 19.1. The van der Waals surface area contributed by atoms with Crippen LogP contribution in [0.2, 0.25) is 0 Å². The summed E-state index contributed by atoms with van der Waals surface area (Å²) in [6, 6.07) is 0.488. The van der Waals surface area contributed by atoms with Crippen LogP contribution in [0.1, 0.15) is 26.7 Å². The molecule has 2 aliphatic heterocycles. The fourth-order valence-corrected chi connectivity index (χ4v) is 3.55. The Morgan fingerprint density at radius 3 is 2.35 bits per heavy atom. The molecule has 2 saturated heterocycles. The van der Waals surface area contributed by atoms with Gasteiger partial charge in [-0.25, -0.2) is 0 Å². The average Bonchev–Trinajstić information content (AvgIpc) is 2.63. The monoisotopic (exact) mass is 481 g/mol. The molecule has 26 heavy (non-hydrogen) atoms. The third-order valence-corrected chi connectivity index (χ3v) is 5.34. The third-order valence-electron chi connectivity index (χ3n) is 5.34. The molecule has 0 aromatic rings. The number of hydrogen-bond acceptors (Lipinski definition) is 5. The number of likely N-dealkylation sites (tertiary alicyclic amines) is 1. The van der Waals surface area contributed by atoms with Crippen LogP contribution >= 0.6 is 24.0 Å². The largest absolute Gasteiger partial charge is 0.466 e. The first-order chi connectivity index (χ1) is 12.0. The van der Waals surface area contributed by atoms with E-state index in [1.54, 1.807) is 0 Å². The lowest BCUT2D eigenvalue weighted by Crippen LogP contribution is -2.53. The van der Waals surface area contributed by atoms with E-state index in [0.29, 0.717) is 12.6 Å².